The molecule has 0 spiro atoms. The van der Waals surface area contributed by atoms with Gasteiger partial charge in [0.15, 0.2) is 0 Å². The molecular formula is C16H36O2Si2. The van der Waals surface area contributed by atoms with E-state index >= 15 is 0 Å². The zero-order valence-electron chi connectivity index (χ0n) is 14.3. The molecule has 1 fully saturated rings. The lowest BCUT2D eigenvalue weighted by atomic mass is 10.4. The van der Waals surface area contributed by atoms with Gasteiger partial charge in [0.25, 0.3) is 0 Å². The Bertz CT molecular complexity index is 209. The van der Waals surface area contributed by atoms with Crippen LogP contribution in [0.1, 0.15) is 79.1 Å². The maximum absolute atomic E-state index is 6.78. The number of hydrogen-bond acceptors (Lipinski definition) is 2. The van der Waals surface area contributed by atoms with Crippen molar-refractivity contribution in [1.29, 1.82) is 0 Å². The summed E-state index contributed by atoms with van der Waals surface area (Å²) < 4.78 is 13.6. The first-order chi connectivity index (χ1) is 9.66. The van der Waals surface area contributed by atoms with Crippen LogP contribution in [-0.4, -0.2) is 17.1 Å². The van der Waals surface area contributed by atoms with Crippen molar-refractivity contribution in [2.45, 2.75) is 103 Å². The third kappa shape index (κ3) is 5.28. The van der Waals surface area contributed by atoms with Crippen molar-refractivity contribution in [2.24, 2.45) is 0 Å². The summed E-state index contributed by atoms with van der Waals surface area (Å²) in [7, 11) is -3.52. The smallest absolute Gasteiger partial charge is 0.320 e. The van der Waals surface area contributed by atoms with Gasteiger partial charge in [-0.05, 0) is 24.2 Å². The minimum atomic E-state index is -1.76. The third-order valence-electron chi connectivity index (χ3n) is 4.39. The van der Waals surface area contributed by atoms with Gasteiger partial charge in [-0.15, -0.1) is 0 Å². The van der Waals surface area contributed by atoms with Gasteiger partial charge in [-0.2, -0.15) is 0 Å². The molecule has 20 heavy (non-hydrogen) atoms. The van der Waals surface area contributed by atoms with Crippen LogP contribution < -0.4 is 0 Å². The predicted molar refractivity (Wildman–Crippen MR) is 92.5 cm³/mol. The van der Waals surface area contributed by atoms with Gasteiger partial charge in [0, 0.05) is 0 Å². The van der Waals surface area contributed by atoms with E-state index in [0.717, 1.165) is 0 Å². The summed E-state index contributed by atoms with van der Waals surface area (Å²) in [4.78, 5) is 0. The van der Waals surface area contributed by atoms with Crippen molar-refractivity contribution >= 4 is 17.1 Å². The van der Waals surface area contributed by atoms with Crippen molar-refractivity contribution < 1.29 is 8.23 Å². The molecule has 0 amide bonds. The summed E-state index contributed by atoms with van der Waals surface area (Å²) in [5.74, 6) is 0. The molecule has 0 aromatic rings. The van der Waals surface area contributed by atoms with Gasteiger partial charge < -0.3 is 8.23 Å². The third-order valence-corrected chi connectivity index (χ3v) is 14.8. The van der Waals surface area contributed by atoms with Gasteiger partial charge in [-0.1, -0.05) is 79.1 Å². The van der Waals surface area contributed by atoms with E-state index in [-0.39, 0.29) is 0 Å². The fourth-order valence-electron chi connectivity index (χ4n) is 3.13. The van der Waals surface area contributed by atoms with Gasteiger partial charge >= 0.3 is 17.1 Å². The standard InChI is InChI=1S/C16H36O2Si2/c1-5-9-13-19(14-10-6-2)17-20(18-19,15-11-7-3)16-12-8-4/h5-16H2,1-4H3. The van der Waals surface area contributed by atoms with Gasteiger partial charge in [0.05, 0.1) is 0 Å². The zero-order valence-corrected chi connectivity index (χ0v) is 16.3. The van der Waals surface area contributed by atoms with E-state index in [4.69, 9.17) is 8.23 Å². The van der Waals surface area contributed by atoms with Crippen LogP contribution in [0, 0.1) is 0 Å². The van der Waals surface area contributed by atoms with Crippen LogP contribution in [0.25, 0.3) is 0 Å². The highest BCUT2D eigenvalue weighted by Crippen LogP contribution is 2.44. The van der Waals surface area contributed by atoms with E-state index in [0.29, 0.717) is 0 Å². The fourth-order valence-corrected chi connectivity index (χ4v) is 15.9. The number of unbranched alkanes of at least 4 members (excludes halogenated alkanes) is 4. The average Bonchev–Trinajstić information content (AvgIpc) is 2.43. The lowest BCUT2D eigenvalue weighted by molar-refractivity contribution is 0.201. The minimum Gasteiger partial charge on any atom is -0.415 e. The molecule has 0 bridgehead atoms. The van der Waals surface area contributed by atoms with Crippen molar-refractivity contribution in [1.82, 2.24) is 0 Å². The predicted octanol–water partition coefficient (Wildman–Crippen LogP) is 6.12. The normalized spacial score (nSPS) is 19.8. The Morgan fingerprint density at radius 3 is 0.950 bits per heavy atom. The summed E-state index contributed by atoms with van der Waals surface area (Å²) in [5.41, 5.74) is 0. The lowest BCUT2D eigenvalue weighted by Gasteiger charge is -2.54. The Morgan fingerprint density at radius 2 is 0.750 bits per heavy atom. The topological polar surface area (TPSA) is 18.5 Å². The maximum atomic E-state index is 6.78. The first kappa shape index (κ1) is 18.4. The summed E-state index contributed by atoms with van der Waals surface area (Å²) >= 11 is 0. The molecule has 1 aliphatic heterocycles. The molecule has 0 N–H and O–H groups in total. The van der Waals surface area contributed by atoms with E-state index in [2.05, 4.69) is 27.7 Å². The summed E-state index contributed by atoms with van der Waals surface area (Å²) in [5, 5.41) is 0. The van der Waals surface area contributed by atoms with Crippen LogP contribution in [0.15, 0.2) is 0 Å². The average molecular weight is 317 g/mol. The van der Waals surface area contributed by atoms with Gasteiger partial charge in [-0.25, -0.2) is 0 Å². The molecule has 0 saturated carbocycles. The number of hydrogen-bond donors (Lipinski definition) is 0. The summed E-state index contributed by atoms with van der Waals surface area (Å²) in [6.45, 7) is 9.11. The second kappa shape index (κ2) is 9.39. The SMILES string of the molecule is CCCC[Si]1(CCCC)O[Si](CCCC)(CCCC)O1. The van der Waals surface area contributed by atoms with Crippen LogP contribution >= 0.6 is 0 Å². The van der Waals surface area contributed by atoms with Gasteiger partial charge in [0.2, 0.25) is 0 Å². The molecule has 0 aromatic carbocycles. The van der Waals surface area contributed by atoms with E-state index in [1.165, 1.54) is 75.5 Å². The van der Waals surface area contributed by atoms with Crippen LogP contribution in [0.5, 0.6) is 0 Å². The van der Waals surface area contributed by atoms with Crippen molar-refractivity contribution in [3.8, 4) is 0 Å². The molecule has 1 saturated heterocycles. The van der Waals surface area contributed by atoms with Crippen molar-refractivity contribution in [3.63, 3.8) is 0 Å². The molecule has 2 nitrogen and oxygen atoms in total. The second-order valence-electron chi connectivity index (χ2n) is 6.44. The van der Waals surface area contributed by atoms with Crippen LogP contribution in [-0.2, 0) is 8.23 Å². The van der Waals surface area contributed by atoms with Crippen molar-refractivity contribution in [2.75, 3.05) is 0 Å². The Morgan fingerprint density at radius 1 is 0.500 bits per heavy atom. The second-order valence-corrected chi connectivity index (χ2v) is 13.7. The monoisotopic (exact) mass is 316 g/mol. The lowest BCUT2D eigenvalue weighted by Crippen LogP contribution is -2.70. The van der Waals surface area contributed by atoms with E-state index in [9.17, 15) is 0 Å². The molecule has 4 heteroatoms. The van der Waals surface area contributed by atoms with Crippen LogP contribution in [0.2, 0.25) is 24.2 Å². The molecule has 1 heterocycles. The molecule has 120 valence electrons. The van der Waals surface area contributed by atoms with E-state index in [1.807, 2.05) is 0 Å². The highest BCUT2D eigenvalue weighted by atomic mass is 28.5. The minimum absolute atomic E-state index is 1.25. The van der Waals surface area contributed by atoms with E-state index in [1.54, 1.807) is 0 Å². The maximum Gasteiger partial charge on any atom is 0.320 e. The first-order valence-corrected chi connectivity index (χ1v) is 13.5. The number of rotatable bonds is 12. The molecule has 0 aromatic heterocycles. The molecule has 0 atom stereocenters. The van der Waals surface area contributed by atoms with Gasteiger partial charge in [-0.3, -0.25) is 0 Å². The fraction of sp³-hybridized carbons (Fsp3) is 1.00. The van der Waals surface area contributed by atoms with E-state index < -0.39 is 17.1 Å². The Hall–Kier alpha value is 0.354. The molecule has 0 aliphatic carbocycles. The Kier molecular flexibility index (Phi) is 8.64. The molecule has 1 aliphatic rings. The summed E-state index contributed by atoms with van der Waals surface area (Å²) in [6, 6.07) is 4.99. The van der Waals surface area contributed by atoms with Crippen molar-refractivity contribution in [3.05, 3.63) is 0 Å². The van der Waals surface area contributed by atoms with Crippen LogP contribution in [0.3, 0.4) is 0 Å². The Balaban J connectivity index is 2.57. The summed E-state index contributed by atoms with van der Waals surface area (Å²) in [6.07, 6.45) is 10.3. The zero-order chi connectivity index (χ0) is 14.9. The van der Waals surface area contributed by atoms with Crippen LogP contribution in [0.4, 0.5) is 0 Å². The highest BCUT2D eigenvalue weighted by molar-refractivity contribution is 6.94. The first-order valence-electron chi connectivity index (χ1n) is 9.06. The molecular weight excluding hydrogens is 280 g/mol. The highest BCUT2D eigenvalue weighted by Gasteiger charge is 2.59. The molecule has 0 radical (unpaired) electrons. The molecule has 0 unspecified atom stereocenters. The Labute approximate surface area is 129 Å². The van der Waals surface area contributed by atoms with Gasteiger partial charge in [0.1, 0.15) is 0 Å². The largest absolute Gasteiger partial charge is 0.415 e. The quantitative estimate of drug-likeness (QED) is 0.404. The molecule has 1 rings (SSSR count).